The Morgan fingerprint density at radius 2 is 2.09 bits per heavy atom. The van der Waals surface area contributed by atoms with Crippen molar-refractivity contribution in [2.45, 2.75) is 31.7 Å². The Bertz CT molecular complexity index is 615. The molecule has 1 aromatic heterocycles. The van der Waals surface area contributed by atoms with E-state index in [1.807, 2.05) is 24.3 Å². The number of nitrogens with one attached hydrogen (secondary N) is 1. The number of hydrogen-bond acceptors (Lipinski definition) is 3. The molecule has 1 aliphatic carbocycles. The number of nitrogens with two attached hydrogens (primary N) is 1. The van der Waals surface area contributed by atoms with E-state index < -0.39 is 0 Å². The first-order valence-electron chi connectivity index (χ1n) is 7.43. The van der Waals surface area contributed by atoms with E-state index in [0.29, 0.717) is 0 Å². The lowest BCUT2D eigenvalue weighted by atomic mass is 9.85. The topological polar surface area (TPSA) is 55.1 Å². The highest BCUT2D eigenvalue weighted by Crippen LogP contribution is 2.28. The zero-order chi connectivity index (χ0) is 14.7. The largest absolute Gasteiger partial charge is 0.328 e. The number of rotatable bonds is 3. The maximum Gasteiger partial charge on any atom is 0.227 e. The minimum absolute atomic E-state index is 0. The highest BCUT2D eigenvalue weighted by molar-refractivity contribution is 7.13. The molecular weight excluding hydrogens is 316 g/mol. The number of carbonyl (C=O) groups is 1. The molecule has 0 bridgehead atoms. The maximum atomic E-state index is 12.3. The van der Waals surface area contributed by atoms with Crippen molar-refractivity contribution in [3.05, 3.63) is 41.8 Å². The van der Waals surface area contributed by atoms with E-state index in [4.69, 9.17) is 5.73 Å². The highest BCUT2D eigenvalue weighted by Gasteiger charge is 2.25. The molecule has 1 heterocycles. The van der Waals surface area contributed by atoms with E-state index in [-0.39, 0.29) is 30.3 Å². The Morgan fingerprint density at radius 1 is 1.23 bits per heavy atom. The zero-order valence-corrected chi connectivity index (χ0v) is 14.0. The summed E-state index contributed by atoms with van der Waals surface area (Å²) in [5.41, 5.74) is 7.97. The summed E-state index contributed by atoms with van der Waals surface area (Å²) >= 11 is 1.70. The van der Waals surface area contributed by atoms with Crippen molar-refractivity contribution in [3.8, 4) is 10.4 Å². The summed E-state index contributed by atoms with van der Waals surface area (Å²) in [4.78, 5) is 13.6. The Balaban J connectivity index is 0.00000176. The molecule has 118 valence electrons. The minimum atomic E-state index is 0. The summed E-state index contributed by atoms with van der Waals surface area (Å²) < 4.78 is 0. The average molecular weight is 337 g/mol. The molecule has 1 saturated carbocycles. The molecule has 22 heavy (non-hydrogen) atoms. The fourth-order valence-electron chi connectivity index (χ4n) is 2.90. The van der Waals surface area contributed by atoms with Gasteiger partial charge in [0.05, 0.1) is 0 Å². The van der Waals surface area contributed by atoms with Gasteiger partial charge >= 0.3 is 0 Å². The van der Waals surface area contributed by atoms with Crippen LogP contribution in [0.3, 0.4) is 0 Å². The summed E-state index contributed by atoms with van der Waals surface area (Å²) in [6, 6.07) is 12.3. The number of benzene rings is 1. The molecule has 0 radical (unpaired) electrons. The van der Waals surface area contributed by atoms with Crippen LogP contribution in [0.2, 0.25) is 0 Å². The molecule has 5 heteroatoms. The average Bonchev–Trinajstić information content (AvgIpc) is 3.02. The van der Waals surface area contributed by atoms with Crippen LogP contribution < -0.4 is 11.1 Å². The molecule has 1 fully saturated rings. The third kappa shape index (κ3) is 4.09. The van der Waals surface area contributed by atoms with Crippen LogP contribution in [-0.4, -0.2) is 11.9 Å². The van der Waals surface area contributed by atoms with Gasteiger partial charge in [-0.3, -0.25) is 4.79 Å². The molecule has 3 nitrogen and oxygen atoms in total. The normalized spacial score (nSPS) is 21.0. The first kappa shape index (κ1) is 17.0. The monoisotopic (exact) mass is 336 g/mol. The van der Waals surface area contributed by atoms with E-state index in [9.17, 15) is 4.79 Å². The van der Waals surface area contributed by atoms with E-state index in [1.165, 1.54) is 4.88 Å². The summed E-state index contributed by atoms with van der Waals surface area (Å²) in [5, 5.41) is 5.10. The second kappa shape index (κ2) is 7.77. The van der Waals surface area contributed by atoms with E-state index in [1.54, 1.807) is 11.3 Å². The van der Waals surface area contributed by atoms with E-state index in [2.05, 4.69) is 22.8 Å². The molecule has 1 aromatic carbocycles. The Hall–Kier alpha value is -1.36. The second-order valence-corrected chi connectivity index (χ2v) is 6.62. The van der Waals surface area contributed by atoms with Gasteiger partial charge in [-0.15, -0.1) is 23.7 Å². The predicted octanol–water partition coefficient (Wildman–Crippen LogP) is 4.29. The van der Waals surface area contributed by atoms with Crippen LogP contribution in [-0.2, 0) is 4.79 Å². The van der Waals surface area contributed by atoms with Gasteiger partial charge in [-0.25, -0.2) is 0 Å². The van der Waals surface area contributed by atoms with Gasteiger partial charge in [0, 0.05) is 22.5 Å². The number of thiophene rings is 1. The summed E-state index contributed by atoms with van der Waals surface area (Å²) in [7, 11) is 0. The molecule has 1 aliphatic rings. The maximum absolute atomic E-state index is 12.3. The molecule has 2 aromatic rings. The van der Waals surface area contributed by atoms with Crippen LogP contribution in [0.5, 0.6) is 0 Å². The number of hydrogen-bond donors (Lipinski definition) is 2. The number of halogens is 1. The standard InChI is InChI=1S/C17H20N2OS.ClH/c18-14-6-1-5-13(10-14)17(20)19-15-7-2-4-12(11-15)16-8-3-9-21-16;/h2-4,7-9,11,13-14H,1,5-6,10,18H2,(H,19,20);1H. The SMILES string of the molecule is Cl.NC1CCCC(C(=O)Nc2cccc(-c3cccs3)c2)C1. The molecule has 1 amide bonds. The van der Waals surface area contributed by atoms with Crippen molar-refractivity contribution in [2.75, 3.05) is 5.32 Å². The fourth-order valence-corrected chi connectivity index (χ4v) is 3.63. The van der Waals surface area contributed by atoms with Gasteiger partial charge in [-0.1, -0.05) is 24.6 Å². The highest BCUT2D eigenvalue weighted by atomic mass is 35.5. The number of amides is 1. The quantitative estimate of drug-likeness (QED) is 0.878. The summed E-state index contributed by atoms with van der Waals surface area (Å²) in [6.07, 6.45) is 3.84. The summed E-state index contributed by atoms with van der Waals surface area (Å²) in [5.74, 6) is 0.160. The molecule has 3 N–H and O–H groups in total. The Labute approximate surface area is 141 Å². The van der Waals surface area contributed by atoms with Crippen LogP contribution in [0.4, 0.5) is 5.69 Å². The molecular formula is C17H21ClN2OS. The van der Waals surface area contributed by atoms with Crippen molar-refractivity contribution in [1.29, 1.82) is 0 Å². The third-order valence-electron chi connectivity index (χ3n) is 4.02. The molecule has 3 rings (SSSR count). The van der Waals surface area contributed by atoms with Gasteiger partial charge in [0.2, 0.25) is 5.91 Å². The second-order valence-electron chi connectivity index (χ2n) is 5.67. The van der Waals surface area contributed by atoms with Crippen molar-refractivity contribution in [2.24, 2.45) is 11.7 Å². The first-order chi connectivity index (χ1) is 10.2. The van der Waals surface area contributed by atoms with Crippen LogP contribution >= 0.6 is 23.7 Å². The molecule has 2 unspecified atom stereocenters. The van der Waals surface area contributed by atoms with Gasteiger partial charge in [0.25, 0.3) is 0 Å². The van der Waals surface area contributed by atoms with Crippen molar-refractivity contribution < 1.29 is 4.79 Å². The van der Waals surface area contributed by atoms with Crippen LogP contribution in [0, 0.1) is 5.92 Å². The molecule has 0 saturated heterocycles. The first-order valence-corrected chi connectivity index (χ1v) is 8.31. The van der Waals surface area contributed by atoms with Gasteiger partial charge in [-0.2, -0.15) is 0 Å². The van der Waals surface area contributed by atoms with Crippen molar-refractivity contribution in [1.82, 2.24) is 0 Å². The lowest BCUT2D eigenvalue weighted by molar-refractivity contribution is -0.120. The third-order valence-corrected chi connectivity index (χ3v) is 4.94. The van der Waals surface area contributed by atoms with Crippen molar-refractivity contribution in [3.63, 3.8) is 0 Å². The fraction of sp³-hybridized carbons (Fsp3) is 0.353. The smallest absolute Gasteiger partial charge is 0.227 e. The van der Waals surface area contributed by atoms with E-state index in [0.717, 1.165) is 36.9 Å². The van der Waals surface area contributed by atoms with Gasteiger partial charge in [-0.05, 0) is 48.4 Å². The molecule has 0 aliphatic heterocycles. The van der Waals surface area contributed by atoms with Gasteiger partial charge < -0.3 is 11.1 Å². The minimum Gasteiger partial charge on any atom is -0.328 e. The van der Waals surface area contributed by atoms with Crippen LogP contribution in [0.15, 0.2) is 41.8 Å². The lowest BCUT2D eigenvalue weighted by Crippen LogP contribution is -2.34. The van der Waals surface area contributed by atoms with Gasteiger partial charge in [0.15, 0.2) is 0 Å². The van der Waals surface area contributed by atoms with Crippen molar-refractivity contribution >= 4 is 35.3 Å². The number of carbonyl (C=O) groups excluding carboxylic acids is 1. The zero-order valence-electron chi connectivity index (χ0n) is 12.3. The molecule has 0 spiro atoms. The van der Waals surface area contributed by atoms with Gasteiger partial charge in [0.1, 0.15) is 0 Å². The lowest BCUT2D eigenvalue weighted by Gasteiger charge is -2.25. The number of anilines is 1. The Morgan fingerprint density at radius 3 is 2.82 bits per heavy atom. The van der Waals surface area contributed by atoms with Crippen LogP contribution in [0.1, 0.15) is 25.7 Å². The van der Waals surface area contributed by atoms with Crippen LogP contribution in [0.25, 0.3) is 10.4 Å². The predicted molar refractivity (Wildman–Crippen MR) is 95.6 cm³/mol. The Kier molecular flexibility index (Phi) is 6.00. The molecule has 2 atom stereocenters. The summed E-state index contributed by atoms with van der Waals surface area (Å²) in [6.45, 7) is 0. The van der Waals surface area contributed by atoms with E-state index >= 15 is 0 Å².